The topological polar surface area (TPSA) is 56.8 Å². The van der Waals surface area contributed by atoms with E-state index in [1.165, 1.54) is 0 Å². The van der Waals surface area contributed by atoms with Gasteiger partial charge in [0.25, 0.3) is 5.91 Å². The zero-order valence-corrected chi connectivity index (χ0v) is 14.3. The molecule has 0 bridgehead atoms. The monoisotopic (exact) mass is 359 g/mol. The Morgan fingerprint density at radius 1 is 1.43 bits per heavy atom. The minimum atomic E-state index is -0.174. The predicted molar refractivity (Wildman–Crippen MR) is 87.1 cm³/mol. The van der Waals surface area contributed by atoms with Gasteiger partial charge in [-0.05, 0) is 24.6 Å². The van der Waals surface area contributed by atoms with Crippen LogP contribution in [0.3, 0.4) is 0 Å². The lowest BCUT2D eigenvalue weighted by Gasteiger charge is -2.47. The van der Waals surface area contributed by atoms with Crippen LogP contribution in [0.1, 0.15) is 6.42 Å². The number of rotatable bonds is 6. The van der Waals surface area contributed by atoms with Gasteiger partial charge in [0.05, 0.1) is 17.7 Å². The summed E-state index contributed by atoms with van der Waals surface area (Å²) in [6, 6.07) is 4.98. The highest BCUT2D eigenvalue weighted by Crippen LogP contribution is 2.43. The molecule has 3 rings (SSSR count). The number of benzene rings is 1. The molecule has 1 aliphatic carbocycles. The Hall–Kier alpha value is -1.01. The Morgan fingerprint density at radius 2 is 2.26 bits per heavy atom. The molecule has 0 spiro atoms. The Balaban J connectivity index is 1.52. The van der Waals surface area contributed by atoms with Crippen LogP contribution in [0.2, 0.25) is 10.0 Å². The van der Waals surface area contributed by atoms with Crippen LogP contribution in [-0.2, 0) is 14.3 Å². The SMILES string of the molecule is COC[C@H]1[C@@H](NC(=O)COc2ccc(Cl)cc2Cl)[C@@H]2CCO[C@@H]21. The first-order valence-electron chi connectivity index (χ1n) is 7.58. The average Bonchev–Trinajstić information content (AvgIpc) is 2.94. The second kappa shape index (κ2) is 7.26. The van der Waals surface area contributed by atoms with Gasteiger partial charge in [0, 0.05) is 36.6 Å². The van der Waals surface area contributed by atoms with Crippen molar-refractivity contribution in [3.63, 3.8) is 0 Å². The number of ether oxygens (including phenoxy) is 3. The number of carbonyl (C=O) groups excluding carboxylic acids is 1. The minimum Gasteiger partial charge on any atom is -0.482 e. The van der Waals surface area contributed by atoms with Crippen LogP contribution < -0.4 is 10.1 Å². The number of amides is 1. The molecule has 2 aliphatic rings. The van der Waals surface area contributed by atoms with Crippen molar-refractivity contribution in [1.29, 1.82) is 0 Å². The van der Waals surface area contributed by atoms with Crippen LogP contribution in [0.4, 0.5) is 0 Å². The predicted octanol–water partition coefficient (Wildman–Crippen LogP) is 2.54. The van der Waals surface area contributed by atoms with Gasteiger partial charge in [0.1, 0.15) is 5.75 Å². The van der Waals surface area contributed by atoms with Crippen molar-refractivity contribution >= 4 is 29.1 Å². The van der Waals surface area contributed by atoms with Crippen molar-refractivity contribution in [3.05, 3.63) is 28.2 Å². The summed E-state index contributed by atoms with van der Waals surface area (Å²) in [4.78, 5) is 12.1. The zero-order valence-electron chi connectivity index (χ0n) is 12.8. The van der Waals surface area contributed by atoms with Crippen molar-refractivity contribution in [2.45, 2.75) is 18.6 Å². The lowest BCUT2D eigenvalue weighted by molar-refractivity contribution is -0.131. The largest absolute Gasteiger partial charge is 0.482 e. The fraction of sp³-hybridized carbons (Fsp3) is 0.562. The molecule has 1 saturated carbocycles. The molecule has 1 N–H and O–H groups in total. The summed E-state index contributed by atoms with van der Waals surface area (Å²) >= 11 is 11.8. The average molecular weight is 360 g/mol. The first-order chi connectivity index (χ1) is 11.1. The van der Waals surface area contributed by atoms with Gasteiger partial charge in [-0.1, -0.05) is 23.2 Å². The van der Waals surface area contributed by atoms with Gasteiger partial charge in [-0.3, -0.25) is 4.79 Å². The molecule has 0 radical (unpaired) electrons. The van der Waals surface area contributed by atoms with E-state index >= 15 is 0 Å². The number of carbonyl (C=O) groups is 1. The minimum absolute atomic E-state index is 0.0826. The van der Waals surface area contributed by atoms with E-state index in [4.69, 9.17) is 37.4 Å². The summed E-state index contributed by atoms with van der Waals surface area (Å²) < 4.78 is 16.4. The molecule has 126 valence electrons. The zero-order chi connectivity index (χ0) is 16.4. The molecule has 0 unspecified atom stereocenters. The van der Waals surface area contributed by atoms with Crippen LogP contribution in [0.15, 0.2) is 18.2 Å². The number of hydrogen-bond acceptors (Lipinski definition) is 4. The Bertz CT molecular complexity index is 583. The highest BCUT2D eigenvalue weighted by atomic mass is 35.5. The molecule has 1 aliphatic heterocycles. The first kappa shape index (κ1) is 16.8. The lowest BCUT2D eigenvalue weighted by Crippen LogP contribution is -2.63. The maximum absolute atomic E-state index is 12.1. The van der Waals surface area contributed by atoms with Crippen molar-refractivity contribution in [2.75, 3.05) is 26.9 Å². The molecule has 2 fully saturated rings. The molecule has 5 nitrogen and oxygen atoms in total. The Kier molecular flexibility index (Phi) is 5.31. The second-order valence-electron chi connectivity index (χ2n) is 5.86. The summed E-state index contributed by atoms with van der Waals surface area (Å²) in [6.45, 7) is 1.24. The van der Waals surface area contributed by atoms with Crippen molar-refractivity contribution < 1.29 is 19.0 Å². The van der Waals surface area contributed by atoms with Crippen molar-refractivity contribution in [2.24, 2.45) is 11.8 Å². The number of hydrogen-bond donors (Lipinski definition) is 1. The van der Waals surface area contributed by atoms with E-state index in [9.17, 15) is 4.79 Å². The van der Waals surface area contributed by atoms with E-state index in [-0.39, 0.29) is 30.6 Å². The maximum atomic E-state index is 12.1. The fourth-order valence-electron chi connectivity index (χ4n) is 3.40. The highest BCUT2D eigenvalue weighted by Gasteiger charge is 2.54. The third-order valence-electron chi connectivity index (χ3n) is 4.47. The van der Waals surface area contributed by atoms with Gasteiger partial charge >= 0.3 is 0 Å². The van der Waals surface area contributed by atoms with Gasteiger partial charge < -0.3 is 19.5 Å². The van der Waals surface area contributed by atoms with E-state index in [2.05, 4.69) is 5.32 Å². The fourth-order valence-corrected chi connectivity index (χ4v) is 3.86. The van der Waals surface area contributed by atoms with Crippen LogP contribution >= 0.6 is 23.2 Å². The molecule has 0 aromatic heterocycles. The van der Waals surface area contributed by atoms with Gasteiger partial charge in [0.15, 0.2) is 6.61 Å². The molecule has 7 heteroatoms. The smallest absolute Gasteiger partial charge is 0.258 e. The maximum Gasteiger partial charge on any atom is 0.258 e. The van der Waals surface area contributed by atoms with E-state index in [1.54, 1.807) is 25.3 Å². The number of nitrogens with one attached hydrogen (secondary N) is 1. The summed E-state index contributed by atoms with van der Waals surface area (Å²) in [5.74, 6) is 0.844. The molecule has 23 heavy (non-hydrogen) atoms. The second-order valence-corrected chi connectivity index (χ2v) is 6.71. The molecule has 1 aromatic rings. The molecular weight excluding hydrogens is 341 g/mol. The molecule has 4 atom stereocenters. The number of methoxy groups -OCH3 is 1. The lowest BCUT2D eigenvalue weighted by atomic mass is 9.67. The number of halogens is 2. The molecule has 1 aromatic carbocycles. The number of fused-ring (bicyclic) bond motifs is 1. The van der Waals surface area contributed by atoms with E-state index < -0.39 is 0 Å². The van der Waals surface area contributed by atoms with Gasteiger partial charge in [-0.25, -0.2) is 0 Å². The first-order valence-corrected chi connectivity index (χ1v) is 8.33. The molecule has 1 saturated heterocycles. The Labute approximate surface area is 145 Å². The van der Waals surface area contributed by atoms with E-state index in [0.29, 0.717) is 28.3 Å². The highest BCUT2D eigenvalue weighted by molar-refractivity contribution is 6.35. The van der Waals surface area contributed by atoms with Gasteiger partial charge in [-0.15, -0.1) is 0 Å². The summed E-state index contributed by atoms with van der Waals surface area (Å²) in [7, 11) is 1.66. The van der Waals surface area contributed by atoms with E-state index in [0.717, 1.165) is 13.0 Å². The van der Waals surface area contributed by atoms with Gasteiger partial charge in [0.2, 0.25) is 0 Å². The quantitative estimate of drug-likeness (QED) is 0.847. The van der Waals surface area contributed by atoms with Crippen LogP contribution in [-0.4, -0.2) is 45.0 Å². The summed E-state index contributed by atoms with van der Waals surface area (Å²) in [5.41, 5.74) is 0. The standard InChI is InChI=1S/C16H19Cl2NO4/c1-21-7-11-15(10-4-5-22-16(10)11)19-14(20)8-23-13-3-2-9(17)6-12(13)18/h2-3,6,10-11,15-16H,4-5,7-8H2,1H3,(H,19,20)/t10-,11-,15-,16-/m0/s1. The van der Waals surface area contributed by atoms with Crippen molar-refractivity contribution in [1.82, 2.24) is 5.32 Å². The summed E-state index contributed by atoms with van der Waals surface area (Å²) in [5, 5.41) is 3.94. The van der Waals surface area contributed by atoms with Crippen LogP contribution in [0, 0.1) is 11.8 Å². The van der Waals surface area contributed by atoms with Crippen molar-refractivity contribution in [3.8, 4) is 5.75 Å². The van der Waals surface area contributed by atoms with Crippen LogP contribution in [0.25, 0.3) is 0 Å². The van der Waals surface area contributed by atoms with Gasteiger partial charge in [-0.2, -0.15) is 0 Å². The normalized spacial score (nSPS) is 28.8. The summed E-state index contributed by atoms with van der Waals surface area (Å²) in [6.07, 6.45) is 1.17. The molecular formula is C16H19Cl2NO4. The Morgan fingerprint density at radius 3 is 3.00 bits per heavy atom. The van der Waals surface area contributed by atoms with E-state index in [1.807, 2.05) is 0 Å². The third-order valence-corrected chi connectivity index (χ3v) is 5.00. The molecule has 1 amide bonds. The van der Waals surface area contributed by atoms with Crippen LogP contribution in [0.5, 0.6) is 5.75 Å². The molecule has 1 heterocycles. The third kappa shape index (κ3) is 3.58.